The number of anilines is 1. The van der Waals surface area contributed by atoms with Crippen molar-refractivity contribution in [2.45, 2.75) is 19.4 Å². The topological polar surface area (TPSA) is 75.1 Å². The second-order valence-electron chi connectivity index (χ2n) is 2.75. The zero-order valence-electron chi connectivity index (χ0n) is 7.27. The molecule has 0 spiro atoms. The molecule has 1 aromatic rings. The second kappa shape index (κ2) is 4.39. The van der Waals surface area contributed by atoms with E-state index < -0.39 is 5.97 Å². The Kier molecular flexibility index (Phi) is 3.19. The van der Waals surface area contributed by atoms with Crippen molar-refractivity contribution >= 4 is 11.8 Å². The third-order valence-electron chi connectivity index (χ3n) is 1.45. The number of carbonyl (C=O) groups is 1. The van der Waals surface area contributed by atoms with Crippen molar-refractivity contribution in [3.63, 3.8) is 0 Å². The molecule has 1 atom stereocenters. The van der Waals surface area contributed by atoms with E-state index in [0.29, 0.717) is 5.82 Å². The summed E-state index contributed by atoms with van der Waals surface area (Å²) >= 11 is 0. The van der Waals surface area contributed by atoms with Gasteiger partial charge in [-0.15, -0.1) is 5.10 Å². The zero-order valence-corrected chi connectivity index (χ0v) is 7.27. The van der Waals surface area contributed by atoms with E-state index in [2.05, 4.69) is 15.5 Å². The molecule has 1 unspecified atom stereocenters. The van der Waals surface area contributed by atoms with Gasteiger partial charge in [-0.1, -0.05) is 0 Å². The quantitative estimate of drug-likeness (QED) is 0.717. The molecule has 5 heteroatoms. The number of hydrogen-bond donors (Lipinski definition) is 2. The summed E-state index contributed by atoms with van der Waals surface area (Å²) in [5.41, 5.74) is 0. The first kappa shape index (κ1) is 9.44. The third kappa shape index (κ3) is 3.50. The molecule has 0 amide bonds. The van der Waals surface area contributed by atoms with Gasteiger partial charge in [-0.05, 0) is 19.1 Å². The van der Waals surface area contributed by atoms with Gasteiger partial charge >= 0.3 is 5.97 Å². The Morgan fingerprint density at radius 3 is 3.08 bits per heavy atom. The number of aliphatic carboxylic acids is 1. The van der Waals surface area contributed by atoms with Gasteiger partial charge in [0.2, 0.25) is 0 Å². The number of rotatable bonds is 4. The molecular weight excluding hydrogens is 170 g/mol. The summed E-state index contributed by atoms with van der Waals surface area (Å²) in [6.45, 7) is 1.78. The van der Waals surface area contributed by atoms with Gasteiger partial charge in [0.15, 0.2) is 0 Å². The van der Waals surface area contributed by atoms with Crippen LogP contribution in [0.15, 0.2) is 18.3 Å². The molecule has 5 nitrogen and oxygen atoms in total. The Bertz CT molecular complexity index is 276. The summed E-state index contributed by atoms with van der Waals surface area (Å²) < 4.78 is 0. The molecule has 0 aliphatic carbocycles. The SMILES string of the molecule is CC(CC(=O)O)Nc1cccnn1. The fourth-order valence-corrected chi connectivity index (χ4v) is 0.944. The molecule has 2 N–H and O–H groups in total. The fourth-order valence-electron chi connectivity index (χ4n) is 0.944. The second-order valence-corrected chi connectivity index (χ2v) is 2.75. The maximum Gasteiger partial charge on any atom is 0.305 e. The number of carboxylic acids is 1. The van der Waals surface area contributed by atoms with E-state index in [9.17, 15) is 4.79 Å². The first-order valence-electron chi connectivity index (χ1n) is 3.94. The molecule has 13 heavy (non-hydrogen) atoms. The van der Waals surface area contributed by atoms with Crippen molar-refractivity contribution in [3.8, 4) is 0 Å². The number of carboxylic acid groups (broad SMARTS) is 1. The van der Waals surface area contributed by atoms with Crippen molar-refractivity contribution in [1.82, 2.24) is 10.2 Å². The third-order valence-corrected chi connectivity index (χ3v) is 1.45. The van der Waals surface area contributed by atoms with E-state index in [1.165, 1.54) is 0 Å². The number of aromatic nitrogens is 2. The molecule has 0 saturated heterocycles. The fraction of sp³-hybridized carbons (Fsp3) is 0.375. The van der Waals surface area contributed by atoms with Crippen LogP contribution < -0.4 is 5.32 Å². The molecule has 1 rings (SSSR count). The summed E-state index contributed by atoms with van der Waals surface area (Å²) in [4.78, 5) is 10.3. The van der Waals surface area contributed by atoms with Crippen molar-refractivity contribution in [2.24, 2.45) is 0 Å². The van der Waals surface area contributed by atoms with E-state index in [1.54, 1.807) is 25.3 Å². The molecule has 70 valence electrons. The summed E-state index contributed by atoms with van der Waals surface area (Å²) in [5, 5.41) is 18.8. The molecule has 0 saturated carbocycles. The van der Waals surface area contributed by atoms with Crippen LogP contribution in [0.25, 0.3) is 0 Å². The summed E-state index contributed by atoms with van der Waals surface area (Å²) in [6, 6.07) is 3.34. The lowest BCUT2D eigenvalue weighted by Crippen LogP contribution is -2.19. The highest BCUT2D eigenvalue weighted by molar-refractivity contribution is 5.68. The van der Waals surface area contributed by atoms with Crippen LogP contribution in [0.2, 0.25) is 0 Å². The minimum atomic E-state index is -0.830. The van der Waals surface area contributed by atoms with Crippen LogP contribution in [0.1, 0.15) is 13.3 Å². The molecule has 0 fully saturated rings. The Hall–Kier alpha value is -1.65. The minimum Gasteiger partial charge on any atom is -0.481 e. The van der Waals surface area contributed by atoms with Gasteiger partial charge in [-0.2, -0.15) is 5.10 Å². The Morgan fingerprint density at radius 1 is 1.77 bits per heavy atom. The molecule has 1 aromatic heterocycles. The predicted molar refractivity (Wildman–Crippen MR) is 47.4 cm³/mol. The summed E-state index contributed by atoms with van der Waals surface area (Å²) in [7, 11) is 0. The lowest BCUT2D eigenvalue weighted by atomic mass is 10.2. The van der Waals surface area contributed by atoms with Crippen molar-refractivity contribution in [1.29, 1.82) is 0 Å². The molecule has 0 bridgehead atoms. The lowest BCUT2D eigenvalue weighted by Gasteiger charge is -2.10. The van der Waals surface area contributed by atoms with Crippen LogP contribution >= 0.6 is 0 Å². The zero-order chi connectivity index (χ0) is 9.68. The van der Waals surface area contributed by atoms with Crippen LogP contribution in [0.4, 0.5) is 5.82 Å². The predicted octanol–water partition coefficient (Wildman–Crippen LogP) is 0.752. The normalized spacial score (nSPS) is 12.1. The van der Waals surface area contributed by atoms with E-state index in [-0.39, 0.29) is 12.5 Å². The van der Waals surface area contributed by atoms with Crippen LogP contribution in [-0.4, -0.2) is 27.3 Å². The molecule has 0 aliphatic heterocycles. The molecule has 0 aliphatic rings. The first-order chi connectivity index (χ1) is 6.18. The highest BCUT2D eigenvalue weighted by Gasteiger charge is 2.06. The number of nitrogens with zero attached hydrogens (tertiary/aromatic N) is 2. The van der Waals surface area contributed by atoms with Gasteiger partial charge in [0.1, 0.15) is 5.82 Å². The molecular formula is C8H11N3O2. The number of nitrogens with one attached hydrogen (secondary N) is 1. The average molecular weight is 181 g/mol. The van der Waals surface area contributed by atoms with Crippen LogP contribution in [0.5, 0.6) is 0 Å². The minimum absolute atomic E-state index is 0.0660. The Morgan fingerprint density at radius 2 is 2.54 bits per heavy atom. The van der Waals surface area contributed by atoms with Crippen LogP contribution in [0.3, 0.4) is 0 Å². The smallest absolute Gasteiger partial charge is 0.305 e. The van der Waals surface area contributed by atoms with E-state index in [1.807, 2.05) is 0 Å². The molecule has 0 radical (unpaired) electrons. The van der Waals surface area contributed by atoms with E-state index in [4.69, 9.17) is 5.11 Å². The van der Waals surface area contributed by atoms with Gasteiger partial charge in [0, 0.05) is 12.2 Å². The summed E-state index contributed by atoms with van der Waals surface area (Å²) in [6.07, 6.45) is 1.63. The monoisotopic (exact) mass is 181 g/mol. The van der Waals surface area contributed by atoms with Gasteiger partial charge in [0.05, 0.1) is 6.42 Å². The van der Waals surface area contributed by atoms with Gasteiger partial charge in [0.25, 0.3) is 0 Å². The lowest BCUT2D eigenvalue weighted by molar-refractivity contribution is -0.137. The van der Waals surface area contributed by atoms with E-state index >= 15 is 0 Å². The van der Waals surface area contributed by atoms with Gasteiger partial charge in [-0.25, -0.2) is 0 Å². The highest BCUT2D eigenvalue weighted by Crippen LogP contribution is 2.03. The van der Waals surface area contributed by atoms with E-state index in [0.717, 1.165) is 0 Å². The maximum atomic E-state index is 10.3. The molecule has 1 heterocycles. The van der Waals surface area contributed by atoms with Crippen molar-refractivity contribution in [2.75, 3.05) is 5.32 Å². The van der Waals surface area contributed by atoms with Gasteiger partial charge in [-0.3, -0.25) is 4.79 Å². The standard InChI is InChI=1S/C8H11N3O2/c1-6(5-8(12)13)10-7-3-2-4-9-11-7/h2-4,6H,5H2,1H3,(H,10,11)(H,12,13). The molecule has 0 aromatic carbocycles. The summed E-state index contributed by atoms with van der Waals surface area (Å²) in [5.74, 6) is -0.236. The first-order valence-corrected chi connectivity index (χ1v) is 3.94. The maximum absolute atomic E-state index is 10.3. The van der Waals surface area contributed by atoms with Crippen LogP contribution in [-0.2, 0) is 4.79 Å². The van der Waals surface area contributed by atoms with Crippen molar-refractivity contribution in [3.05, 3.63) is 18.3 Å². The highest BCUT2D eigenvalue weighted by atomic mass is 16.4. The Labute approximate surface area is 75.8 Å². The largest absolute Gasteiger partial charge is 0.481 e. The Balaban J connectivity index is 2.45. The number of hydrogen-bond acceptors (Lipinski definition) is 4. The van der Waals surface area contributed by atoms with Crippen molar-refractivity contribution < 1.29 is 9.90 Å². The van der Waals surface area contributed by atoms with Gasteiger partial charge < -0.3 is 10.4 Å². The van der Waals surface area contributed by atoms with Crippen LogP contribution in [0, 0.1) is 0 Å². The average Bonchev–Trinajstić information content (AvgIpc) is 2.04.